The van der Waals surface area contributed by atoms with Crippen LogP contribution in [0.25, 0.3) is 6.08 Å². The molecule has 6 heteroatoms. The van der Waals surface area contributed by atoms with Crippen molar-refractivity contribution < 1.29 is 10.0 Å². The number of nitrogens with one attached hydrogen (secondary N) is 1. The predicted molar refractivity (Wildman–Crippen MR) is 117 cm³/mol. The molecular weight excluding hydrogens is 364 g/mol. The largest absolute Gasteiger partial charge is 0.368 e. The molecule has 0 aromatic heterocycles. The highest BCUT2D eigenvalue weighted by Gasteiger charge is 2.18. The van der Waals surface area contributed by atoms with Gasteiger partial charge in [0.15, 0.2) is 0 Å². The number of hydrogen-bond donors (Lipinski definition) is 2. The summed E-state index contributed by atoms with van der Waals surface area (Å²) in [6.07, 6.45) is 3.08. The average Bonchev–Trinajstić information content (AvgIpc) is 2.72. The van der Waals surface area contributed by atoms with E-state index in [0.29, 0.717) is 0 Å². The summed E-state index contributed by atoms with van der Waals surface area (Å²) in [5, 5.41) is 8.67. The molecule has 2 aromatic rings. The van der Waals surface area contributed by atoms with Gasteiger partial charge in [-0.15, -0.1) is 0 Å². The first-order valence-corrected chi connectivity index (χ1v) is 9.96. The molecule has 0 atom stereocenters. The highest BCUT2D eigenvalue weighted by molar-refractivity contribution is 5.91. The van der Waals surface area contributed by atoms with E-state index in [9.17, 15) is 4.79 Å². The minimum Gasteiger partial charge on any atom is -0.368 e. The number of amides is 1. The molecule has 1 amide bonds. The highest BCUT2D eigenvalue weighted by Crippen LogP contribution is 2.23. The zero-order chi connectivity index (χ0) is 20.6. The van der Waals surface area contributed by atoms with Crippen molar-refractivity contribution in [2.75, 3.05) is 45.2 Å². The van der Waals surface area contributed by atoms with Gasteiger partial charge in [0, 0.05) is 51.0 Å². The predicted octanol–water partition coefficient (Wildman–Crippen LogP) is 2.59. The molecule has 0 aliphatic carbocycles. The molecule has 2 N–H and O–H groups in total. The van der Waals surface area contributed by atoms with E-state index in [1.807, 2.05) is 18.2 Å². The third kappa shape index (κ3) is 6.15. The Bertz CT molecular complexity index is 842. The average molecular weight is 395 g/mol. The van der Waals surface area contributed by atoms with E-state index in [2.05, 4.69) is 59.1 Å². The fourth-order valence-electron chi connectivity index (χ4n) is 3.72. The fourth-order valence-corrected chi connectivity index (χ4v) is 3.72. The van der Waals surface area contributed by atoms with Crippen LogP contribution in [0.1, 0.15) is 16.7 Å². The first-order valence-electron chi connectivity index (χ1n) is 9.96. The number of piperazine rings is 1. The number of carbonyl (C=O) groups is 1. The third-order valence-electron chi connectivity index (χ3n) is 5.07. The minimum atomic E-state index is -0.527. The Kier molecular flexibility index (Phi) is 7.41. The highest BCUT2D eigenvalue weighted by atomic mass is 16.5. The molecule has 1 heterocycles. The Morgan fingerprint density at radius 2 is 1.79 bits per heavy atom. The van der Waals surface area contributed by atoms with Gasteiger partial charge in [-0.3, -0.25) is 14.9 Å². The van der Waals surface area contributed by atoms with Gasteiger partial charge in [-0.1, -0.05) is 42.5 Å². The molecule has 0 saturated carbocycles. The number of hydroxylamine groups is 1. The monoisotopic (exact) mass is 394 g/mol. The summed E-state index contributed by atoms with van der Waals surface area (Å²) in [5.41, 5.74) is 6.42. The lowest BCUT2D eigenvalue weighted by Crippen LogP contribution is -2.46. The number of anilines is 1. The molecule has 29 heavy (non-hydrogen) atoms. The molecular formula is C23H30N4O2. The molecule has 2 aromatic carbocycles. The molecule has 3 rings (SSSR count). The van der Waals surface area contributed by atoms with E-state index >= 15 is 0 Å². The number of rotatable bonds is 7. The normalized spacial score (nSPS) is 15.2. The maximum atomic E-state index is 11.3. The van der Waals surface area contributed by atoms with E-state index in [1.165, 1.54) is 17.2 Å². The molecule has 0 unspecified atom stereocenters. The topological polar surface area (TPSA) is 59.0 Å². The number of para-hydroxylation sites is 1. The van der Waals surface area contributed by atoms with Crippen LogP contribution in [-0.4, -0.2) is 61.2 Å². The Hall–Kier alpha value is -2.67. The minimum absolute atomic E-state index is 0.527. The van der Waals surface area contributed by atoms with Crippen LogP contribution in [0.2, 0.25) is 0 Å². The number of hydrogen-bond acceptors (Lipinski definition) is 5. The van der Waals surface area contributed by atoms with Gasteiger partial charge in [-0.2, -0.15) is 0 Å². The van der Waals surface area contributed by atoms with Gasteiger partial charge < -0.3 is 9.80 Å². The second-order valence-corrected chi connectivity index (χ2v) is 7.69. The van der Waals surface area contributed by atoms with Crippen LogP contribution in [0.4, 0.5) is 5.69 Å². The maximum Gasteiger partial charge on any atom is 0.267 e. The van der Waals surface area contributed by atoms with Crippen LogP contribution in [0, 0.1) is 0 Å². The second kappa shape index (κ2) is 10.2. The van der Waals surface area contributed by atoms with E-state index < -0.39 is 5.91 Å². The molecule has 0 spiro atoms. The number of benzene rings is 2. The van der Waals surface area contributed by atoms with Gasteiger partial charge in [-0.25, -0.2) is 5.48 Å². The van der Waals surface area contributed by atoms with Crippen molar-refractivity contribution >= 4 is 17.7 Å². The van der Waals surface area contributed by atoms with Crippen LogP contribution in [-0.2, 0) is 17.9 Å². The second-order valence-electron chi connectivity index (χ2n) is 7.69. The van der Waals surface area contributed by atoms with Crippen molar-refractivity contribution in [1.29, 1.82) is 0 Å². The van der Waals surface area contributed by atoms with Gasteiger partial charge >= 0.3 is 0 Å². The van der Waals surface area contributed by atoms with Gasteiger partial charge in [0.2, 0.25) is 0 Å². The van der Waals surface area contributed by atoms with Crippen molar-refractivity contribution in [2.45, 2.75) is 13.1 Å². The van der Waals surface area contributed by atoms with Gasteiger partial charge in [0.05, 0.1) is 0 Å². The van der Waals surface area contributed by atoms with Crippen molar-refractivity contribution in [3.63, 3.8) is 0 Å². The Morgan fingerprint density at radius 1 is 1.07 bits per heavy atom. The lowest BCUT2D eigenvalue weighted by molar-refractivity contribution is -0.124. The molecule has 0 bridgehead atoms. The lowest BCUT2D eigenvalue weighted by atomic mass is 10.1. The molecule has 1 aliphatic rings. The standard InChI is InChI=1S/C23H30N4O2/c1-25(2)17-19-6-5-7-20(16-19)18-26-12-14-27(15-13-26)22-9-4-3-8-21(22)10-11-23(28)24-29/h3-11,16,29H,12-15,17-18H2,1-2H3,(H,24,28)/b11-10+. The van der Waals surface area contributed by atoms with Crippen LogP contribution in [0.3, 0.4) is 0 Å². The van der Waals surface area contributed by atoms with Crippen LogP contribution < -0.4 is 10.4 Å². The maximum absolute atomic E-state index is 11.3. The van der Waals surface area contributed by atoms with Crippen LogP contribution in [0.15, 0.2) is 54.6 Å². The Morgan fingerprint density at radius 3 is 2.52 bits per heavy atom. The summed E-state index contributed by atoms with van der Waals surface area (Å²) in [4.78, 5) is 18.3. The fraction of sp³-hybridized carbons (Fsp3) is 0.348. The van der Waals surface area contributed by atoms with E-state index in [4.69, 9.17) is 5.21 Å². The molecule has 1 aliphatic heterocycles. The molecule has 1 fully saturated rings. The van der Waals surface area contributed by atoms with E-state index in [0.717, 1.165) is 50.5 Å². The van der Waals surface area contributed by atoms with E-state index in [-0.39, 0.29) is 0 Å². The Balaban J connectivity index is 1.60. The smallest absolute Gasteiger partial charge is 0.267 e. The number of carbonyl (C=O) groups excluding carboxylic acids is 1. The van der Waals surface area contributed by atoms with Gasteiger partial charge in [0.25, 0.3) is 5.91 Å². The van der Waals surface area contributed by atoms with Crippen molar-refractivity contribution in [3.8, 4) is 0 Å². The summed E-state index contributed by atoms with van der Waals surface area (Å²) in [5.74, 6) is -0.527. The quantitative estimate of drug-likeness (QED) is 0.429. The SMILES string of the molecule is CN(C)Cc1cccc(CN2CCN(c3ccccc3/C=C/C(=O)NO)CC2)c1. The summed E-state index contributed by atoms with van der Waals surface area (Å²) in [7, 11) is 4.18. The lowest BCUT2D eigenvalue weighted by Gasteiger charge is -2.37. The van der Waals surface area contributed by atoms with Gasteiger partial charge in [0.1, 0.15) is 0 Å². The summed E-state index contributed by atoms with van der Waals surface area (Å²) in [6.45, 7) is 5.79. The van der Waals surface area contributed by atoms with Crippen LogP contribution in [0.5, 0.6) is 0 Å². The number of nitrogens with zero attached hydrogens (tertiary/aromatic N) is 3. The first kappa shape index (κ1) is 21.0. The summed E-state index contributed by atoms with van der Waals surface area (Å²) < 4.78 is 0. The van der Waals surface area contributed by atoms with E-state index in [1.54, 1.807) is 11.6 Å². The first-order chi connectivity index (χ1) is 14.0. The molecule has 154 valence electrons. The molecule has 1 saturated heterocycles. The Labute approximate surface area is 173 Å². The zero-order valence-electron chi connectivity index (χ0n) is 17.2. The zero-order valence-corrected chi connectivity index (χ0v) is 17.2. The van der Waals surface area contributed by atoms with Crippen molar-refractivity contribution in [3.05, 3.63) is 71.3 Å². The van der Waals surface area contributed by atoms with Gasteiger partial charge in [-0.05, 0) is 42.9 Å². The van der Waals surface area contributed by atoms with Crippen molar-refractivity contribution in [2.24, 2.45) is 0 Å². The molecule has 6 nitrogen and oxygen atoms in total. The van der Waals surface area contributed by atoms with Crippen LogP contribution >= 0.6 is 0 Å². The third-order valence-corrected chi connectivity index (χ3v) is 5.07. The van der Waals surface area contributed by atoms with Crippen molar-refractivity contribution in [1.82, 2.24) is 15.3 Å². The molecule has 0 radical (unpaired) electrons. The summed E-state index contributed by atoms with van der Waals surface area (Å²) in [6, 6.07) is 16.9. The summed E-state index contributed by atoms with van der Waals surface area (Å²) >= 11 is 0.